The second kappa shape index (κ2) is 5.64. The van der Waals surface area contributed by atoms with E-state index < -0.39 is 0 Å². The van der Waals surface area contributed by atoms with Gasteiger partial charge in [-0.1, -0.05) is 42.5 Å². The molecule has 1 atom stereocenters. The van der Waals surface area contributed by atoms with Crippen molar-refractivity contribution in [2.45, 2.75) is 12.5 Å². The van der Waals surface area contributed by atoms with E-state index in [1.165, 1.54) is 22.4 Å². The van der Waals surface area contributed by atoms with Crippen LogP contribution in [0.15, 0.2) is 53.5 Å². The largest absolute Gasteiger partial charge is 0.378 e. The number of rotatable bonds is 0. The summed E-state index contributed by atoms with van der Waals surface area (Å²) in [6.45, 7) is 4.25. The summed E-state index contributed by atoms with van der Waals surface area (Å²) < 4.78 is 5.53. The first-order valence-corrected chi connectivity index (χ1v) is 8.74. The van der Waals surface area contributed by atoms with Gasteiger partial charge in [-0.15, -0.1) is 0 Å². The van der Waals surface area contributed by atoms with Gasteiger partial charge in [0.1, 0.15) is 0 Å². The summed E-state index contributed by atoms with van der Waals surface area (Å²) in [5, 5.41) is 0. The molecule has 2 aromatic carbocycles. The van der Waals surface area contributed by atoms with E-state index in [9.17, 15) is 0 Å². The average molecular weight is 319 g/mol. The molecule has 0 amide bonds. The Kier molecular flexibility index (Phi) is 3.30. The van der Waals surface area contributed by atoms with Crippen molar-refractivity contribution in [3.05, 3.63) is 65.2 Å². The fourth-order valence-electron chi connectivity index (χ4n) is 4.11. The number of hydrogen-bond acceptors (Lipinski definition) is 4. The van der Waals surface area contributed by atoms with Gasteiger partial charge >= 0.3 is 0 Å². The van der Waals surface area contributed by atoms with E-state index in [4.69, 9.17) is 9.73 Å². The fourth-order valence-corrected chi connectivity index (χ4v) is 4.11. The van der Waals surface area contributed by atoms with E-state index in [1.54, 1.807) is 0 Å². The lowest BCUT2D eigenvalue weighted by Gasteiger charge is -2.36. The number of ether oxygens (including phenoxy) is 1. The molecule has 1 saturated heterocycles. The monoisotopic (exact) mass is 319 g/mol. The molecular weight excluding hydrogens is 298 g/mol. The van der Waals surface area contributed by atoms with Crippen LogP contribution in [0.5, 0.6) is 0 Å². The van der Waals surface area contributed by atoms with Gasteiger partial charge < -0.3 is 14.5 Å². The quantitative estimate of drug-likeness (QED) is 0.747. The minimum atomic E-state index is 0.308. The molecule has 0 aliphatic carbocycles. The maximum atomic E-state index is 5.53. The molecule has 0 saturated carbocycles. The number of fused-ring (bicyclic) bond motifs is 5. The molecule has 5 rings (SSSR count). The topological polar surface area (TPSA) is 28.1 Å². The SMILES string of the molecule is c1ccc2c(c1)Cc1ccccc1N1C(N3CCOCC3)=NCC21. The zero-order chi connectivity index (χ0) is 15.9. The molecule has 3 heterocycles. The molecule has 0 bridgehead atoms. The Hall–Kier alpha value is -2.33. The lowest BCUT2D eigenvalue weighted by molar-refractivity contribution is 0.0675. The lowest BCUT2D eigenvalue weighted by Crippen LogP contribution is -2.48. The van der Waals surface area contributed by atoms with Crippen molar-refractivity contribution in [1.82, 2.24) is 4.90 Å². The molecule has 24 heavy (non-hydrogen) atoms. The molecule has 122 valence electrons. The van der Waals surface area contributed by atoms with Crippen LogP contribution in [0.4, 0.5) is 5.69 Å². The van der Waals surface area contributed by atoms with Crippen LogP contribution in [0, 0.1) is 0 Å². The van der Waals surface area contributed by atoms with Crippen LogP contribution in [0.1, 0.15) is 22.7 Å². The Bertz CT molecular complexity index is 795. The summed E-state index contributed by atoms with van der Waals surface area (Å²) in [7, 11) is 0. The second-order valence-electron chi connectivity index (χ2n) is 6.63. The van der Waals surface area contributed by atoms with Gasteiger partial charge in [0.05, 0.1) is 25.8 Å². The molecule has 4 heteroatoms. The number of guanidine groups is 1. The van der Waals surface area contributed by atoms with Gasteiger partial charge in [0, 0.05) is 18.8 Å². The minimum Gasteiger partial charge on any atom is -0.378 e. The predicted molar refractivity (Wildman–Crippen MR) is 95.6 cm³/mol. The van der Waals surface area contributed by atoms with Crippen molar-refractivity contribution in [2.75, 3.05) is 37.7 Å². The Morgan fingerprint density at radius 1 is 0.917 bits per heavy atom. The maximum absolute atomic E-state index is 5.53. The third-order valence-electron chi connectivity index (χ3n) is 5.27. The molecular formula is C20H21N3O. The predicted octanol–water partition coefficient (Wildman–Crippen LogP) is 2.84. The number of benzene rings is 2. The highest BCUT2D eigenvalue weighted by Gasteiger charge is 2.37. The van der Waals surface area contributed by atoms with Crippen LogP contribution < -0.4 is 4.90 Å². The maximum Gasteiger partial charge on any atom is 0.202 e. The van der Waals surface area contributed by atoms with Crippen molar-refractivity contribution in [1.29, 1.82) is 0 Å². The van der Waals surface area contributed by atoms with Crippen LogP contribution in [0.25, 0.3) is 0 Å². The number of morpholine rings is 1. The van der Waals surface area contributed by atoms with Gasteiger partial charge in [-0.3, -0.25) is 4.99 Å². The highest BCUT2D eigenvalue weighted by atomic mass is 16.5. The zero-order valence-corrected chi connectivity index (χ0v) is 13.7. The lowest BCUT2D eigenvalue weighted by atomic mass is 9.97. The van der Waals surface area contributed by atoms with E-state index >= 15 is 0 Å². The Balaban J connectivity index is 1.64. The van der Waals surface area contributed by atoms with Crippen LogP contribution in [-0.4, -0.2) is 43.7 Å². The highest BCUT2D eigenvalue weighted by Crippen LogP contribution is 2.40. The van der Waals surface area contributed by atoms with Crippen molar-refractivity contribution in [2.24, 2.45) is 4.99 Å². The van der Waals surface area contributed by atoms with Gasteiger partial charge in [-0.05, 0) is 29.2 Å². The van der Waals surface area contributed by atoms with E-state index in [0.29, 0.717) is 6.04 Å². The second-order valence-corrected chi connectivity index (χ2v) is 6.63. The first-order valence-electron chi connectivity index (χ1n) is 8.74. The Labute approximate surface area is 142 Å². The van der Waals surface area contributed by atoms with Crippen molar-refractivity contribution in [3.8, 4) is 0 Å². The summed E-state index contributed by atoms with van der Waals surface area (Å²) in [5.41, 5.74) is 5.54. The fraction of sp³-hybridized carbons (Fsp3) is 0.350. The molecule has 4 nitrogen and oxygen atoms in total. The summed E-state index contributed by atoms with van der Waals surface area (Å²) >= 11 is 0. The summed E-state index contributed by atoms with van der Waals surface area (Å²) in [4.78, 5) is 9.80. The van der Waals surface area contributed by atoms with E-state index in [2.05, 4.69) is 58.3 Å². The van der Waals surface area contributed by atoms with Gasteiger partial charge in [-0.25, -0.2) is 0 Å². The molecule has 1 fully saturated rings. The number of anilines is 1. The van der Waals surface area contributed by atoms with Crippen LogP contribution in [-0.2, 0) is 11.2 Å². The molecule has 0 aromatic heterocycles. The van der Waals surface area contributed by atoms with Crippen LogP contribution in [0.3, 0.4) is 0 Å². The van der Waals surface area contributed by atoms with Gasteiger partial charge in [-0.2, -0.15) is 0 Å². The molecule has 3 aliphatic rings. The number of para-hydroxylation sites is 1. The number of hydrogen-bond donors (Lipinski definition) is 0. The summed E-state index contributed by atoms with van der Waals surface area (Å²) in [5.74, 6) is 1.12. The molecule has 3 aliphatic heterocycles. The summed E-state index contributed by atoms with van der Waals surface area (Å²) in [6, 6.07) is 17.9. The van der Waals surface area contributed by atoms with Gasteiger partial charge in [0.2, 0.25) is 5.96 Å². The number of nitrogens with zero attached hydrogens (tertiary/aromatic N) is 3. The smallest absolute Gasteiger partial charge is 0.202 e. The van der Waals surface area contributed by atoms with Crippen molar-refractivity contribution in [3.63, 3.8) is 0 Å². The van der Waals surface area contributed by atoms with Crippen LogP contribution in [0.2, 0.25) is 0 Å². The molecule has 0 N–H and O–H groups in total. The standard InChI is InChI=1S/C20H21N3O/c1-3-7-17-15(5-1)13-16-6-2-4-8-18(16)23-19(17)14-21-20(23)22-9-11-24-12-10-22/h1-8,19H,9-14H2. The molecule has 1 unspecified atom stereocenters. The summed E-state index contributed by atoms with van der Waals surface area (Å²) in [6.07, 6.45) is 0.996. The Morgan fingerprint density at radius 3 is 2.54 bits per heavy atom. The molecule has 0 spiro atoms. The average Bonchev–Trinajstić information content (AvgIpc) is 3.02. The van der Waals surface area contributed by atoms with E-state index in [0.717, 1.165) is 45.2 Å². The van der Waals surface area contributed by atoms with Crippen molar-refractivity contribution < 1.29 is 4.74 Å². The van der Waals surface area contributed by atoms with E-state index in [-0.39, 0.29) is 0 Å². The zero-order valence-electron chi connectivity index (χ0n) is 13.7. The normalized spacial score (nSPS) is 22.3. The van der Waals surface area contributed by atoms with E-state index in [1.807, 2.05) is 0 Å². The third-order valence-corrected chi connectivity index (χ3v) is 5.27. The van der Waals surface area contributed by atoms with Crippen molar-refractivity contribution >= 4 is 11.6 Å². The van der Waals surface area contributed by atoms with Crippen LogP contribution >= 0.6 is 0 Å². The third kappa shape index (κ3) is 2.13. The molecule has 2 aromatic rings. The highest BCUT2D eigenvalue weighted by molar-refractivity contribution is 5.99. The van der Waals surface area contributed by atoms with Gasteiger partial charge in [0.15, 0.2) is 0 Å². The Morgan fingerprint density at radius 2 is 1.67 bits per heavy atom. The minimum absolute atomic E-state index is 0.308. The molecule has 0 radical (unpaired) electrons. The first-order chi connectivity index (χ1) is 11.9. The first kappa shape index (κ1) is 14.1. The number of aliphatic imine (C=N–C) groups is 1. The van der Waals surface area contributed by atoms with Gasteiger partial charge in [0.25, 0.3) is 0 Å².